The van der Waals surface area contributed by atoms with Crippen LogP contribution in [0.2, 0.25) is 5.02 Å². The number of non-ortho nitro benzene ring substituents is 1. The molecular formula is C22H22ClN5O3. The van der Waals surface area contributed by atoms with Gasteiger partial charge in [0.15, 0.2) is 0 Å². The first-order valence-corrected chi connectivity index (χ1v) is 10.4. The Bertz CT molecular complexity index is 1130. The van der Waals surface area contributed by atoms with Crippen molar-refractivity contribution in [3.63, 3.8) is 0 Å². The number of halogens is 1. The van der Waals surface area contributed by atoms with Gasteiger partial charge in [-0.15, -0.1) is 0 Å². The number of hydrogen-bond acceptors (Lipinski definition) is 6. The average Bonchev–Trinajstić information content (AvgIpc) is 3.11. The standard InChI is InChI=1S/C22H22ClN5O3/c1-15-12-26(13-16-5-3-2-4-6-16)14-20(15)25-19-11-24-27(22(29)21(19)23)17-7-9-18(10-8-17)28(30)31/h2-11,15,20,25H,12-14H2,1H3. The average molecular weight is 440 g/mol. The molecule has 2 heterocycles. The quantitative estimate of drug-likeness (QED) is 0.464. The van der Waals surface area contributed by atoms with Gasteiger partial charge in [0.1, 0.15) is 5.02 Å². The molecule has 1 saturated heterocycles. The van der Waals surface area contributed by atoms with Gasteiger partial charge in [0.25, 0.3) is 11.2 Å². The van der Waals surface area contributed by atoms with Gasteiger partial charge in [0, 0.05) is 37.8 Å². The molecule has 1 aliphatic rings. The fourth-order valence-electron chi connectivity index (χ4n) is 3.86. The van der Waals surface area contributed by atoms with Crippen LogP contribution >= 0.6 is 11.6 Å². The summed E-state index contributed by atoms with van der Waals surface area (Å²) in [4.78, 5) is 25.4. The van der Waals surface area contributed by atoms with Crippen molar-refractivity contribution in [3.05, 3.63) is 91.8 Å². The van der Waals surface area contributed by atoms with Gasteiger partial charge in [-0.25, -0.2) is 0 Å². The number of likely N-dealkylation sites (tertiary alicyclic amines) is 1. The van der Waals surface area contributed by atoms with Crippen LogP contribution in [0.4, 0.5) is 11.4 Å². The number of nitro groups is 1. The Morgan fingerprint density at radius 3 is 2.55 bits per heavy atom. The summed E-state index contributed by atoms with van der Waals surface area (Å²) in [6, 6.07) is 16.0. The Balaban J connectivity index is 1.48. The molecule has 0 aliphatic carbocycles. The highest BCUT2D eigenvalue weighted by molar-refractivity contribution is 6.33. The van der Waals surface area contributed by atoms with E-state index in [2.05, 4.69) is 34.4 Å². The Morgan fingerprint density at radius 1 is 1.16 bits per heavy atom. The van der Waals surface area contributed by atoms with Gasteiger partial charge in [-0.05, 0) is 23.6 Å². The minimum absolute atomic E-state index is 0.0436. The van der Waals surface area contributed by atoms with Crippen LogP contribution < -0.4 is 10.9 Å². The zero-order chi connectivity index (χ0) is 22.0. The second-order valence-corrected chi connectivity index (χ2v) is 8.15. The lowest BCUT2D eigenvalue weighted by Gasteiger charge is -2.19. The number of nitrogens with one attached hydrogen (secondary N) is 1. The minimum Gasteiger partial charge on any atom is -0.378 e. The molecule has 8 nitrogen and oxygen atoms in total. The fraction of sp³-hybridized carbons (Fsp3) is 0.273. The number of rotatable bonds is 6. The molecule has 1 N–H and O–H groups in total. The van der Waals surface area contributed by atoms with Crippen LogP contribution in [0.1, 0.15) is 12.5 Å². The van der Waals surface area contributed by atoms with Gasteiger partial charge in [0.05, 0.1) is 22.5 Å². The summed E-state index contributed by atoms with van der Waals surface area (Å²) < 4.78 is 1.14. The van der Waals surface area contributed by atoms with Crippen molar-refractivity contribution in [2.75, 3.05) is 18.4 Å². The maximum atomic E-state index is 12.8. The van der Waals surface area contributed by atoms with Gasteiger partial charge >= 0.3 is 0 Å². The van der Waals surface area contributed by atoms with Crippen LogP contribution in [0.15, 0.2) is 65.6 Å². The van der Waals surface area contributed by atoms with Crippen LogP contribution in [0.3, 0.4) is 0 Å². The predicted octanol–water partition coefficient (Wildman–Crippen LogP) is 3.73. The predicted molar refractivity (Wildman–Crippen MR) is 120 cm³/mol. The molecule has 2 unspecified atom stereocenters. The van der Waals surface area contributed by atoms with Crippen LogP contribution in [-0.2, 0) is 6.54 Å². The second-order valence-electron chi connectivity index (χ2n) is 7.77. The molecule has 2 aromatic carbocycles. The molecule has 0 saturated carbocycles. The Morgan fingerprint density at radius 2 is 1.87 bits per heavy atom. The van der Waals surface area contributed by atoms with Crippen molar-refractivity contribution in [3.8, 4) is 5.69 Å². The van der Waals surface area contributed by atoms with Crippen molar-refractivity contribution in [1.29, 1.82) is 0 Å². The van der Waals surface area contributed by atoms with E-state index in [-0.39, 0.29) is 16.8 Å². The third-order valence-electron chi connectivity index (χ3n) is 5.50. The first kappa shape index (κ1) is 21.0. The molecule has 160 valence electrons. The maximum absolute atomic E-state index is 12.8. The highest BCUT2D eigenvalue weighted by Gasteiger charge is 2.30. The summed E-state index contributed by atoms with van der Waals surface area (Å²) in [5.74, 6) is 0.372. The van der Waals surface area contributed by atoms with Crippen molar-refractivity contribution < 1.29 is 4.92 Å². The highest BCUT2D eigenvalue weighted by atomic mass is 35.5. The lowest BCUT2D eigenvalue weighted by molar-refractivity contribution is -0.384. The molecule has 2 atom stereocenters. The van der Waals surface area contributed by atoms with Crippen molar-refractivity contribution in [2.45, 2.75) is 19.5 Å². The first-order valence-electron chi connectivity index (χ1n) is 9.98. The van der Waals surface area contributed by atoms with E-state index in [0.29, 0.717) is 17.3 Å². The normalized spacial score (nSPS) is 18.8. The van der Waals surface area contributed by atoms with E-state index in [4.69, 9.17) is 11.6 Å². The molecule has 1 fully saturated rings. The van der Waals surface area contributed by atoms with E-state index < -0.39 is 10.5 Å². The van der Waals surface area contributed by atoms with E-state index in [1.807, 2.05) is 18.2 Å². The summed E-state index contributed by atoms with van der Waals surface area (Å²) >= 11 is 6.36. The lowest BCUT2D eigenvalue weighted by atomic mass is 10.1. The third-order valence-corrected chi connectivity index (χ3v) is 5.87. The summed E-state index contributed by atoms with van der Waals surface area (Å²) in [5.41, 5.74) is 1.63. The van der Waals surface area contributed by atoms with Crippen LogP contribution in [0.5, 0.6) is 0 Å². The van der Waals surface area contributed by atoms with E-state index >= 15 is 0 Å². The highest BCUT2D eigenvalue weighted by Crippen LogP contribution is 2.25. The summed E-state index contributed by atoms with van der Waals surface area (Å²) in [5, 5.41) is 18.5. The molecule has 3 aromatic rings. The molecule has 9 heteroatoms. The Kier molecular flexibility index (Phi) is 6.01. The molecule has 4 rings (SSSR count). The van der Waals surface area contributed by atoms with E-state index in [0.717, 1.165) is 24.3 Å². The maximum Gasteiger partial charge on any atom is 0.292 e. The van der Waals surface area contributed by atoms with Crippen molar-refractivity contribution >= 4 is 23.0 Å². The van der Waals surface area contributed by atoms with Crippen LogP contribution in [-0.4, -0.2) is 38.7 Å². The molecule has 1 aromatic heterocycles. The number of hydrogen-bond donors (Lipinski definition) is 1. The number of nitro benzene ring substituents is 1. The molecule has 0 radical (unpaired) electrons. The Hall–Kier alpha value is -3.23. The summed E-state index contributed by atoms with van der Waals surface area (Å²) in [6.07, 6.45) is 1.53. The van der Waals surface area contributed by atoms with Gasteiger partial charge in [-0.1, -0.05) is 48.9 Å². The molecule has 1 aliphatic heterocycles. The fourth-order valence-corrected chi connectivity index (χ4v) is 4.04. The van der Waals surface area contributed by atoms with E-state index in [1.54, 1.807) is 0 Å². The van der Waals surface area contributed by atoms with Crippen LogP contribution in [0, 0.1) is 16.0 Å². The van der Waals surface area contributed by atoms with E-state index in [9.17, 15) is 14.9 Å². The molecule has 0 amide bonds. The molecule has 0 bridgehead atoms. The van der Waals surface area contributed by atoms with Gasteiger partial charge in [-0.3, -0.25) is 19.8 Å². The lowest BCUT2D eigenvalue weighted by Crippen LogP contribution is -2.30. The number of anilines is 1. The molecular weight excluding hydrogens is 418 g/mol. The summed E-state index contributed by atoms with van der Waals surface area (Å²) in [7, 11) is 0. The minimum atomic E-state index is -0.496. The number of benzene rings is 2. The van der Waals surface area contributed by atoms with Gasteiger partial charge in [0.2, 0.25) is 0 Å². The van der Waals surface area contributed by atoms with Crippen molar-refractivity contribution in [1.82, 2.24) is 14.7 Å². The SMILES string of the molecule is CC1CN(Cc2ccccc2)CC1Nc1cnn(-c2ccc([N+](=O)[O-])cc2)c(=O)c1Cl. The zero-order valence-electron chi connectivity index (χ0n) is 16.9. The largest absolute Gasteiger partial charge is 0.378 e. The molecule has 31 heavy (non-hydrogen) atoms. The first-order chi connectivity index (χ1) is 14.9. The van der Waals surface area contributed by atoms with E-state index in [1.165, 1.54) is 36.0 Å². The van der Waals surface area contributed by atoms with Gasteiger partial charge in [-0.2, -0.15) is 9.78 Å². The number of nitrogens with zero attached hydrogens (tertiary/aromatic N) is 4. The summed E-state index contributed by atoms with van der Waals surface area (Å²) in [6.45, 7) is 4.81. The topological polar surface area (TPSA) is 93.3 Å². The monoisotopic (exact) mass is 439 g/mol. The van der Waals surface area contributed by atoms with Gasteiger partial charge < -0.3 is 5.32 Å². The zero-order valence-corrected chi connectivity index (χ0v) is 17.7. The molecule has 0 spiro atoms. The van der Waals surface area contributed by atoms with Crippen molar-refractivity contribution in [2.24, 2.45) is 5.92 Å². The van der Waals surface area contributed by atoms with Crippen LogP contribution in [0.25, 0.3) is 5.69 Å². The number of aromatic nitrogens is 2. The second kappa shape index (κ2) is 8.87. The third kappa shape index (κ3) is 4.60. The Labute approximate surface area is 184 Å². The smallest absolute Gasteiger partial charge is 0.292 e.